The van der Waals surface area contributed by atoms with E-state index in [9.17, 15) is 14.0 Å². The molecule has 0 saturated carbocycles. The van der Waals surface area contributed by atoms with Gasteiger partial charge in [-0.2, -0.15) is 0 Å². The van der Waals surface area contributed by atoms with Crippen molar-refractivity contribution < 1.29 is 18.7 Å². The number of nitrogens with zero attached hydrogens (tertiary/aromatic N) is 1. The molecule has 1 aromatic rings. The summed E-state index contributed by atoms with van der Waals surface area (Å²) in [5.74, 6) is -0.899. The molecule has 5 heteroatoms. The van der Waals surface area contributed by atoms with E-state index in [2.05, 4.69) is 0 Å². The molecule has 0 unspecified atom stereocenters. The Balaban J connectivity index is 2.35. The van der Waals surface area contributed by atoms with E-state index < -0.39 is 17.5 Å². The van der Waals surface area contributed by atoms with E-state index in [0.29, 0.717) is 18.7 Å². The Bertz CT molecular complexity index is 575. The van der Waals surface area contributed by atoms with Crippen molar-refractivity contribution in [3.63, 3.8) is 0 Å². The number of amides is 1. The van der Waals surface area contributed by atoms with Crippen molar-refractivity contribution >= 4 is 17.6 Å². The van der Waals surface area contributed by atoms with Gasteiger partial charge < -0.3 is 4.74 Å². The second-order valence-electron chi connectivity index (χ2n) is 5.90. The monoisotopic (exact) mass is 279 g/mol. The largest absolute Gasteiger partial charge is 0.443 e. The molecule has 20 heavy (non-hydrogen) atoms. The third kappa shape index (κ3) is 2.81. The van der Waals surface area contributed by atoms with Gasteiger partial charge in [0.25, 0.3) is 0 Å². The van der Waals surface area contributed by atoms with Gasteiger partial charge in [-0.1, -0.05) is 0 Å². The average molecular weight is 279 g/mol. The molecule has 0 radical (unpaired) electrons. The second kappa shape index (κ2) is 4.89. The average Bonchev–Trinajstić information content (AvgIpc) is 2.67. The summed E-state index contributed by atoms with van der Waals surface area (Å²) in [6.45, 7) is 7.09. The Morgan fingerprint density at radius 1 is 1.30 bits per heavy atom. The van der Waals surface area contributed by atoms with Crippen LogP contribution in [-0.4, -0.2) is 24.0 Å². The standard InChI is InChI=1S/C15H18FNO3/c1-9(18)11-8-13-10(7-12(11)16)5-6-17(13)14(19)20-15(2,3)4/h7-8H,5-6H2,1-4H3. The molecule has 0 atom stereocenters. The van der Waals surface area contributed by atoms with Crippen LogP contribution in [0.15, 0.2) is 12.1 Å². The molecule has 0 fully saturated rings. The maximum absolute atomic E-state index is 13.7. The summed E-state index contributed by atoms with van der Waals surface area (Å²) in [6, 6.07) is 2.76. The zero-order valence-electron chi connectivity index (χ0n) is 12.1. The van der Waals surface area contributed by atoms with E-state index in [1.54, 1.807) is 20.8 Å². The van der Waals surface area contributed by atoms with Crippen LogP contribution in [0.1, 0.15) is 43.6 Å². The lowest BCUT2D eigenvalue weighted by atomic mass is 10.1. The second-order valence-corrected chi connectivity index (χ2v) is 5.90. The van der Waals surface area contributed by atoms with Crippen LogP contribution >= 0.6 is 0 Å². The van der Waals surface area contributed by atoms with Gasteiger partial charge in [-0.25, -0.2) is 9.18 Å². The number of hydrogen-bond donors (Lipinski definition) is 0. The first kappa shape index (κ1) is 14.5. The number of rotatable bonds is 1. The number of fused-ring (bicyclic) bond motifs is 1. The van der Waals surface area contributed by atoms with E-state index in [1.165, 1.54) is 24.0 Å². The summed E-state index contributed by atoms with van der Waals surface area (Å²) in [5, 5.41) is 0. The molecule has 1 aromatic carbocycles. The number of ketones is 1. The summed E-state index contributed by atoms with van der Waals surface area (Å²) in [5.41, 5.74) is 0.687. The molecule has 0 aliphatic carbocycles. The Hall–Kier alpha value is -1.91. The molecule has 0 spiro atoms. The van der Waals surface area contributed by atoms with Crippen molar-refractivity contribution in [3.05, 3.63) is 29.1 Å². The molecule has 1 aliphatic rings. The zero-order valence-corrected chi connectivity index (χ0v) is 12.1. The number of hydrogen-bond acceptors (Lipinski definition) is 3. The van der Waals surface area contributed by atoms with Crippen molar-refractivity contribution in [2.24, 2.45) is 0 Å². The van der Waals surface area contributed by atoms with Gasteiger partial charge in [0.15, 0.2) is 5.78 Å². The van der Waals surface area contributed by atoms with E-state index in [0.717, 1.165) is 5.56 Å². The summed E-state index contributed by atoms with van der Waals surface area (Å²) in [7, 11) is 0. The van der Waals surface area contributed by atoms with Crippen LogP contribution < -0.4 is 4.90 Å². The van der Waals surface area contributed by atoms with Crippen LogP contribution in [0.2, 0.25) is 0 Å². The molecular weight excluding hydrogens is 261 g/mol. The Labute approximate surface area is 117 Å². The van der Waals surface area contributed by atoms with E-state index in [-0.39, 0.29) is 11.3 Å². The summed E-state index contributed by atoms with van der Waals surface area (Å²) < 4.78 is 19.1. The van der Waals surface area contributed by atoms with Gasteiger partial charge in [0.05, 0.1) is 11.3 Å². The maximum atomic E-state index is 13.7. The Morgan fingerprint density at radius 2 is 1.95 bits per heavy atom. The molecule has 0 bridgehead atoms. The molecule has 1 amide bonds. The highest BCUT2D eigenvalue weighted by Gasteiger charge is 2.30. The lowest BCUT2D eigenvalue weighted by Gasteiger charge is -2.25. The van der Waals surface area contributed by atoms with Gasteiger partial charge in [0.1, 0.15) is 11.4 Å². The van der Waals surface area contributed by atoms with E-state index in [4.69, 9.17) is 4.74 Å². The van der Waals surface area contributed by atoms with E-state index in [1.807, 2.05) is 0 Å². The molecule has 108 valence electrons. The normalized spacial score (nSPS) is 14.2. The number of benzene rings is 1. The fraction of sp³-hybridized carbons (Fsp3) is 0.467. The van der Waals surface area contributed by atoms with Crippen molar-refractivity contribution in [2.75, 3.05) is 11.4 Å². The van der Waals surface area contributed by atoms with Crippen molar-refractivity contribution in [3.8, 4) is 0 Å². The predicted octanol–water partition coefficient (Wildman–Crippen LogP) is 3.33. The lowest BCUT2D eigenvalue weighted by molar-refractivity contribution is 0.0583. The Morgan fingerprint density at radius 3 is 2.50 bits per heavy atom. The third-order valence-electron chi connectivity index (χ3n) is 3.06. The molecule has 0 saturated heterocycles. The fourth-order valence-electron chi connectivity index (χ4n) is 2.18. The minimum Gasteiger partial charge on any atom is -0.443 e. The van der Waals surface area contributed by atoms with Gasteiger partial charge >= 0.3 is 6.09 Å². The first-order chi connectivity index (χ1) is 9.19. The summed E-state index contributed by atoms with van der Waals surface area (Å²) >= 11 is 0. The minimum atomic E-state index is -0.594. The molecule has 0 N–H and O–H groups in total. The third-order valence-corrected chi connectivity index (χ3v) is 3.06. The smallest absolute Gasteiger partial charge is 0.414 e. The molecule has 1 aliphatic heterocycles. The number of carbonyl (C=O) groups is 2. The summed E-state index contributed by atoms with van der Waals surface area (Å²) in [4.78, 5) is 25.0. The zero-order chi connectivity index (χ0) is 15.1. The van der Waals surface area contributed by atoms with Gasteiger partial charge in [-0.3, -0.25) is 9.69 Å². The number of anilines is 1. The fourth-order valence-corrected chi connectivity index (χ4v) is 2.18. The topological polar surface area (TPSA) is 46.6 Å². The minimum absolute atomic E-state index is 0.000733. The van der Waals surface area contributed by atoms with Gasteiger partial charge in [0.2, 0.25) is 0 Å². The highest BCUT2D eigenvalue weighted by atomic mass is 19.1. The van der Waals surface area contributed by atoms with Crippen LogP contribution in [0.4, 0.5) is 14.9 Å². The van der Waals surface area contributed by atoms with Gasteiger partial charge in [-0.15, -0.1) is 0 Å². The van der Waals surface area contributed by atoms with Gasteiger partial charge in [0, 0.05) is 6.54 Å². The molecule has 2 rings (SSSR count). The van der Waals surface area contributed by atoms with Gasteiger partial charge in [-0.05, 0) is 51.8 Å². The van der Waals surface area contributed by atoms with Crippen LogP contribution in [0.3, 0.4) is 0 Å². The van der Waals surface area contributed by atoms with Crippen molar-refractivity contribution in [1.82, 2.24) is 0 Å². The molecule has 4 nitrogen and oxygen atoms in total. The summed E-state index contributed by atoms with van der Waals surface area (Å²) in [6.07, 6.45) is 0.0845. The van der Waals surface area contributed by atoms with E-state index >= 15 is 0 Å². The Kier molecular flexibility index (Phi) is 3.54. The van der Waals surface area contributed by atoms with Crippen molar-refractivity contribution in [2.45, 2.75) is 39.7 Å². The number of carbonyl (C=O) groups excluding carboxylic acids is 2. The predicted molar refractivity (Wildman–Crippen MR) is 73.7 cm³/mol. The van der Waals surface area contributed by atoms with Crippen LogP contribution in [-0.2, 0) is 11.2 Å². The number of ether oxygens (including phenoxy) is 1. The highest BCUT2D eigenvalue weighted by Crippen LogP contribution is 2.32. The first-order valence-corrected chi connectivity index (χ1v) is 6.53. The van der Waals surface area contributed by atoms with Crippen LogP contribution in [0.5, 0.6) is 0 Å². The van der Waals surface area contributed by atoms with Crippen LogP contribution in [0, 0.1) is 5.82 Å². The quantitative estimate of drug-likeness (QED) is 0.741. The SMILES string of the molecule is CC(=O)c1cc2c(cc1F)CCN2C(=O)OC(C)(C)C. The first-order valence-electron chi connectivity index (χ1n) is 6.53. The maximum Gasteiger partial charge on any atom is 0.414 e. The lowest BCUT2D eigenvalue weighted by Crippen LogP contribution is -2.35. The molecular formula is C15H18FNO3. The molecule has 0 aromatic heterocycles. The molecule has 1 heterocycles. The number of Topliss-reactive ketones (excluding diaryl/α,β-unsaturated/α-hetero) is 1. The van der Waals surface area contributed by atoms with Crippen molar-refractivity contribution in [1.29, 1.82) is 0 Å². The highest BCUT2D eigenvalue weighted by molar-refractivity contribution is 5.98. The number of halogens is 1. The van der Waals surface area contributed by atoms with Crippen LogP contribution in [0.25, 0.3) is 0 Å².